The molecule has 0 spiro atoms. The van der Waals surface area contributed by atoms with Crippen LogP contribution in [0.1, 0.15) is 28.7 Å². The standard InChI is InChI=1S/C20H19F3N2/c1-12-8-13(2)14(3)17(9-12)19-16-5-4-15(6-7-20(21,22)23)10-18(16)24-11-25-19/h4-5,8-11H,6-7H2,1-3H3. The summed E-state index contributed by atoms with van der Waals surface area (Å²) in [5, 5.41) is 0.853. The summed E-state index contributed by atoms with van der Waals surface area (Å²) in [6.45, 7) is 6.15. The van der Waals surface area contributed by atoms with Crippen LogP contribution < -0.4 is 0 Å². The maximum absolute atomic E-state index is 12.4. The van der Waals surface area contributed by atoms with E-state index in [2.05, 4.69) is 35.9 Å². The predicted molar refractivity (Wildman–Crippen MR) is 93.6 cm³/mol. The van der Waals surface area contributed by atoms with Gasteiger partial charge < -0.3 is 0 Å². The number of rotatable bonds is 3. The Morgan fingerprint density at radius 2 is 1.72 bits per heavy atom. The molecule has 1 heterocycles. The zero-order valence-electron chi connectivity index (χ0n) is 14.4. The van der Waals surface area contributed by atoms with Crippen molar-refractivity contribution in [1.29, 1.82) is 0 Å². The average molecular weight is 344 g/mol. The first kappa shape index (κ1) is 17.4. The largest absolute Gasteiger partial charge is 0.389 e. The van der Waals surface area contributed by atoms with Crippen LogP contribution in [0.5, 0.6) is 0 Å². The minimum absolute atomic E-state index is 0.0403. The fourth-order valence-electron chi connectivity index (χ4n) is 3.04. The topological polar surface area (TPSA) is 25.8 Å². The highest BCUT2D eigenvalue weighted by molar-refractivity contribution is 5.93. The normalized spacial score (nSPS) is 11.9. The minimum Gasteiger partial charge on any atom is -0.236 e. The van der Waals surface area contributed by atoms with Gasteiger partial charge in [0.05, 0.1) is 11.2 Å². The van der Waals surface area contributed by atoms with E-state index < -0.39 is 12.6 Å². The van der Waals surface area contributed by atoms with Gasteiger partial charge >= 0.3 is 6.18 Å². The highest BCUT2D eigenvalue weighted by atomic mass is 19.4. The lowest BCUT2D eigenvalue weighted by atomic mass is 9.95. The summed E-state index contributed by atoms with van der Waals surface area (Å²) in [4.78, 5) is 8.70. The third-order valence-corrected chi connectivity index (χ3v) is 4.46. The first-order chi connectivity index (χ1) is 11.7. The van der Waals surface area contributed by atoms with Crippen LogP contribution in [0.15, 0.2) is 36.7 Å². The molecule has 2 aromatic carbocycles. The molecule has 5 heteroatoms. The third-order valence-electron chi connectivity index (χ3n) is 4.46. The van der Waals surface area contributed by atoms with Gasteiger partial charge in [0.25, 0.3) is 0 Å². The van der Waals surface area contributed by atoms with Gasteiger partial charge in [-0.05, 0) is 56.0 Å². The lowest BCUT2D eigenvalue weighted by molar-refractivity contribution is -0.133. The smallest absolute Gasteiger partial charge is 0.236 e. The van der Waals surface area contributed by atoms with Gasteiger partial charge in [-0.1, -0.05) is 23.8 Å². The van der Waals surface area contributed by atoms with Gasteiger partial charge in [-0.15, -0.1) is 0 Å². The molecular formula is C20H19F3N2. The van der Waals surface area contributed by atoms with Crippen molar-refractivity contribution in [3.8, 4) is 11.3 Å². The van der Waals surface area contributed by atoms with Crippen molar-refractivity contribution in [2.75, 3.05) is 0 Å². The summed E-state index contributed by atoms with van der Waals surface area (Å²) < 4.78 is 37.3. The van der Waals surface area contributed by atoms with Crippen LogP contribution >= 0.6 is 0 Å². The van der Waals surface area contributed by atoms with Gasteiger partial charge in [0.1, 0.15) is 6.33 Å². The van der Waals surface area contributed by atoms with E-state index in [-0.39, 0.29) is 6.42 Å². The van der Waals surface area contributed by atoms with Crippen LogP contribution in [-0.2, 0) is 6.42 Å². The molecule has 3 rings (SSSR count). The Bertz CT molecular complexity index is 930. The van der Waals surface area contributed by atoms with Gasteiger partial charge in [0.2, 0.25) is 0 Å². The number of fused-ring (bicyclic) bond motifs is 1. The van der Waals surface area contributed by atoms with Crippen molar-refractivity contribution < 1.29 is 13.2 Å². The molecular weight excluding hydrogens is 325 g/mol. The van der Waals surface area contributed by atoms with Crippen LogP contribution in [0.25, 0.3) is 22.2 Å². The van der Waals surface area contributed by atoms with E-state index in [1.165, 1.54) is 11.9 Å². The lowest BCUT2D eigenvalue weighted by Crippen LogP contribution is -2.08. The average Bonchev–Trinajstić information content (AvgIpc) is 2.55. The Kier molecular flexibility index (Phi) is 4.50. The van der Waals surface area contributed by atoms with E-state index in [1.807, 2.05) is 13.0 Å². The Balaban J connectivity index is 2.07. The van der Waals surface area contributed by atoms with Crippen LogP contribution in [0.4, 0.5) is 13.2 Å². The SMILES string of the molecule is Cc1cc(C)c(C)c(-c2ncnc3cc(CCC(F)(F)F)ccc23)c1. The number of hydrogen-bond acceptors (Lipinski definition) is 2. The first-order valence-electron chi connectivity index (χ1n) is 8.13. The second-order valence-corrected chi connectivity index (χ2v) is 6.44. The fourth-order valence-corrected chi connectivity index (χ4v) is 3.04. The van der Waals surface area contributed by atoms with E-state index in [0.29, 0.717) is 11.1 Å². The molecule has 130 valence electrons. The molecule has 0 unspecified atom stereocenters. The summed E-state index contributed by atoms with van der Waals surface area (Å²) in [5.41, 5.74) is 6.63. The number of nitrogens with zero attached hydrogens (tertiary/aromatic N) is 2. The monoisotopic (exact) mass is 344 g/mol. The first-order valence-corrected chi connectivity index (χ1v) is 8.13. The maximum atomic E-state index is 12.4. The second-order valence-electron chi connectivity index (χ2n) is 6.44. The number of halogens is 3. The molecule has 0 aliphatic carbocycles. The molecule has 0 radical (unpaired) electrons. The van der Waals surface area contributed by atoms with Gasteiger partial charge in [0.15, 0.2) is 0 Å². The molecule has 0 fully saturated rings. The Hall–Kier alpha value is -2.43. The summed E-state index contributed by atoms with van der Waals surface area (Å²) in [7, 11) is 0. The highest BCUT2D eigenvalue weighted by Gasteiger charge is 2.26. The molecule has 0 atom stereocenters. The van der Waals surface area contributed by atoms with Gasteiger partial charge in [-0.2, -0.15) is 13.2 Å². The molecule has 0 amide bonds. The molecule has 25 heavy (non-hydrogen) atoms. The summed E-state index contributed by atoms with van der Waals surface area (Å²) >= 11 is 0. The molecule has 0 aliphatic heterocycles. The van der Waals surface area contributed by atoms with Crippen LogP contribution in [0.3, 0.4) is 0 Å². The zero-order chi connectivity index (χ0) is 18.2. The third kappa shape index (κ3) is 3.81. The lowest BCUT2D eigenvalue weighted by Gasteiger charge is -2.13. The molecule has 0 aliphatic rings. The minimum atomic E-state index is -4.15. The molecule has 0 bridgehead atoms. The maximum Gasteiger partial charge on any atom is 0.389 e. The van der Waals surface area contributed by atoms with E-state index >= 15 is 0 Å². The predicted octanol–water partition coefficient (Wildman–Crippen LogP) is 5.72. The zero-order valence-corrected chi connectivity index (χ0v) is 14.4. The second kappa shape index (κ2) is 6.47. The van der Waals surface area contributed by atoms with Gasteiger partial charge in [-0.3, -0.25) is 0 Å². The number of alkyl halides is 3. The Morgan fingerprint density at radius 3 is 2.44 bits per heavy atom. The number of hydrogen-bond donors (Lipinski definition) is 0. The van der Waals surface area contributed by atoms with Gasteiger partial charge in [0, 0.05) is 17.4 Å². The van der Waals surface area contributed by atoms with Crippen LogP contribution in [0, 0.1) is 20.8 Å². The molecule has 3 aromatic rings. The van der Waals surface area contributed by atoms with Crippen LogP contribution in [-0.4, -0.2) is 16.1 Å². The molecule has 1 aromatic heterocycles. The van der Waals surface area contributed by atoms with Crippen molar-refractivity contribution in [1.82, 2.24) is 9.97 Å². The highest BCUT2D eigenvalue weighted by Crippen LogP contribution is 2.31. The number of aromatic nitrogens is 2. The quantitative estimate of drug-likeness (QED) is 0.607. The van der Waals surface area contributed by atoms with Crippen molar-refractivity contribution in [3.05, 3.63) is 58.9 Å². The van der Waals surface area contributed by atoms with E-state index in [9.17, 15) is 13.2 Å². The van der Waals surface area contributed by atoms with Crippen molar-refractivity contribution >= 4 is 10.9 Å². The Morgan fingerprint density at radius 1 is 0.960 bits per heavy atom. The van der Waals surface area contributed by atoms with Crippen molar-refractivity contribution in [3.63, 3.8) is 0 Å². The van der Waals surface area contributed by atoms with Gasteiger partial charge in [-0.25, -0.2) is 9.97 Å². The Labute approximate surface area is 144 Å². The molecule has 0 saturated carbocycles. The number of benzene rings is 2. The van der Waals surface area contributed by atoms with Crippen molar-refractivity contribution in [2.45, 2.75) is 39.8 Å². The van der Waals surface area contributed by atoms with E-state index in [0.717, 1.165) is 27.8 Å². The molecule has 0 N–H and O–H groups in total. The summed E-state index contributed by atoms with van der Waals surface area (Å²) in [5.74, 6) is 0. The molecule has 2 nitrogen and oxygen atoms in total. The van der Waals surface area contributed by atoms with Crippen LogP contribution in [0.2, 0.25) is 0 Å². The van der Waals surface area contributed by atoms with E-state index in [1.54, 1.807) is 12.1 Å². The number of aryl methyl sites for hydroxylation is 3. The summed E-state index contributed by atoms with van der Waals surface area (Å²) in [6, 6.07) is 9.50. The fraction of sp³-hybridized carbons (Fsp3) is 0.300. The van der Waals surface area contributed by atoms with Crippen molar-refractivity contribution in [2.24, 2.45) is 0 Å². The van der Waals surface area contributed by atoms with E-state index in [4.69, 9.17) is 0 Å². The summed E-state index contributed by atoms with van der Waals surface area (Å²) in [6.07, 6.45) is -3.54. The molecule has 0 saturated heterocycles.